The normalized spacial score (nSPS) is 20.3. The van der Waals surface area contributed by atoms with Gasteiger partial charge in [0.1, 0.15) is 11.4 Å². The zero-order chi connectivity index (χ0) is 18.7. The molecular formula is C20H30N4O2. The van der Waals surface area contributed by atoms with Crippen LogP contribution in [0.25, 0.3) is 5.82 Å². The third-order valence-corrected chi connectivity index (χ3v) is 5.39. The lowest BCUT2D eigenvalue weighted by molar-refractivity contribution is -0.00293. The van der Waals surface area contributed by atoms with Gasteiger partial charge >= 0.3 is 0 Å². The number of carbonyl (C=O) groups excluding carboxylic acids is 1. The maximum absolute atomic E-state index is 12.7. The van der Waals surface area contributed by atoms with Gasteiger partial charge in [-0.1, -0.05) is 19.8 Å². The summed E-state index contributed by atoms with van der Waals surface area (Å²) in [7, 11) is 1.86. The van der Waals surface area contributed by atoms with Crippen molar-refractivity contribution in [2.24, 2.45) is 13.0 Å². The summed E-state index contributed by atoms with van der Waals surface area (Å²) < 4.78 is 9.79. The van der Waals surface area contributed by atoms with E-state index < -0.39 is 0 Å². The van der Waals surface area contributed by atoms with E-state index in [2.05, 4.69) is 21.9 Å². The van der Waals surface area contributed by atoms with Crippen molar-refractivity contribution in [3.8, 4) is 5.82 Å². The molecule has 2 aromatic heterocycles. The monoisotopic (exact) mass is 358 g/mol. The highest BCUT2D eigenvalue weighted by Crippen LogP contribution is 2.26. The summed E-state index contributed by atoms with van der Waals surface area (Å²) in [5.74, 6) is 1.30. The average molecular weight is 358 g/mol. The summed E-state index contributed by atoms with van der Waals surface area (Å²) in [6.07, 6.45) is 6.89. The van der Waals surface area contributed by atoms with Crippen LogP contribution in [-0.4, -0.2) is 39.5 Å². The van der Waals surface area contributed by atoms with Gasteiger partial charge in [0, 0.05) is 25.0 Å². The second-order valence-electron chi connectivity index (χ2n) is 7.38. The van der Waals surface area contributed by atoms with Crippen molar-refractivity contribution in [3.63, 3.8) is 0 Å². The Morgan fingerprint density at radius 2 is 1.96 bits per heavy atom. The third-order valence-electron chi connectivity index (χ3n) is 5.39. The van der Waals surface area contributed by atoms with Gasteiger partial charge in [-0.2, -0.15) is 5.10 Å². The number of amides is 1. The molecular weight excluding hydrogens is 328 g/mol. The Morgan fingerprint density at radius 3 is 2.65 bits per heavy atom. The van der Waals surface area contributed by atoms with Crippen LogP contribution in [0, 0.1) is 19.8 Å². The Balaban J connectivity index is 1.61. The number of hydrogen-bond acceptors (Lipinski definition) is 3. The molecule has 0 saturated heterocycles. The molecule has 2 atom stereocenters. The largest absolute Gasteiger partial charge is 0.376 e. The highest BCUT2D eigenvalue weighted by atomic mass is 16.5. The molecule has 2 aromatic rings. The van der Waals surface area contributed by atoms with Crippen molar-refractivity contribution in [2.45, 2.75) is 52.6 Å². The first kappa shape index (κ1) is 18.7. The molecule has 0 unspecified atom stereocenters. The first-order valence-electron chi connectivity index (χ1n) is 9.56. The van der Waals surface area contributed by atoms with Crippen LogP contribution in [0.5, 0.6) is 0 Å². The van der Waals surface area contributed by atoms with E-state index in [4.69, 9.17) is 4.74 Å². The molecule has 26 heavy (non-hydrogen) atoms. The minimum absolute atomic E-state index is 0.110. The highest BCUT2D eigenvalue weighted by molar-refractivity contribution is 5.97. The fourth-order valence-corrected chi connectivity index (χ4v) is 3.86. The molecule has 142 valence electrons. The summed E-state index contributed by atoms with van der Waals surface area (Å²) in [5, 5.41) is 7.27. The van der Waals surface area contributed by atoms with Crippen LogP contribution >= 0.6 is 0 Å². The molecule has 0 spiro atoms. The van der Waals surface area contributed by atoms with E-state index in [0.29, 0.717) is 30.7 Å². The molecule has 1 amide bonds. The van der Waals surface area contributed by atoms with E-state index in [0.717, 1.165) is 23.6 Å². The van der Waals surface area contributed by atoms with Crippen molar-refractivity contribution in [2.75, 3.05) is 13.2 Å². The molecule has 0 bridgehead atoms. The van der Waals surface area contributed by atoms with Gasteiger partial charge in [-0.15, -0.1) is 0 Å². The number of nitrogens with one attached hydrogen (secondary N) is 1. The Hall–Kier alpha value is -2.08. The smallest absolute Gasteiger partial charge is 0.256 e. The van der Waals surface area contributed by atoms with E-state index in [1.165, 1.54) is 19.3 Å². The second-order valence-corrected chi connectivity index (χ2v) is 7.38. The maximum atomic E-state index is 12.7. The molecule has 0 aromatic carbocycles. The zero-order valence-electron chi connectivity index (χ0n) is 16.3. The first-order valence-corrected chi connectivity index (χ1v) is 9.56. The molecule has 3 rings (SSSR count). The first-order chi connectivity index (χ1) is 12.5. The molecule has 1 aliphatic rings. The highest BCUT2D eigenvalue weighted by Gasteiger charge is 2.22. The van der Waals surface area contributed by atoms with Gasteiger partial charge < -0.3 is 14.6 Å². The minimum atomic E-state index is -0.110. The third kappa shape index (κ3) is 3.85. The van der Waals surface area contributed by atoms with E-state index >= 15 is 0 Å². The van der Waals surface area contributed by atoms with Crippen LogP contribution in [-0.2, 0) is 11.8 Å². The summed E-state index contributed by atoms with van der Waals surface area (Å²) in [6.45, 7) is 7.38. The van der Waals surface area contributed by atoms with Gasteiger partial charge in [-0.25, -0.2) is 0 Å². The predicted molar refractivity (Wildman–Crippen MR) is 102 cm³/mol. The molecule has 1 fully saturated rings. The lowest BCUT2D eigenvalue weighted by Gasteiger charge is -2.28. The Bertz CT molecular complexity index is 742. The van der Waals surface area contributed by atoms with E-state index in [1.807, 2.05) is 33.0 Å². The number of carbonyl (C=O) groups is 1. The molecule has 6 heteroatoms. The molecule has 2 heterocycles. The fourth-order valence-electron chi connectivity index (χ4n) is 3.86. The van der Waals surface area contributed by atoms with Gasteiger partial charge in [-0.3, -0.25) is 9.48 Å². The van der Waals surface area contributed by atoms with Gasteiger partial charge in [-0.05, 0) is 44.7 Å². The number of ether oxygens (including phenoxy) is 1. The molecule has 6 nitrogen and oxygen atoms in total. The fraction of sp³-hybridized carbons (Fsp3) is 0.600. The minimum Gasteiger partial charge on any atom is -0.376 e. The molecule has 1 aliphatic carbocycles. The summed E-state index contributed by atoms with van der Waals surface area (Å²) in [4.78, 5) is 12.7. The summed E-state index contributed by atoms with van der Waals surface area (Å²) in [5.41, 5.74) is 2.74. The van der Waals surface area contributed by atoms with Crippen LogP contribution in [0.15, 0.2) is 18.3 Å². The van der Waals surface area contributed by atoms with Gasteiger partial charge in [0.25, 0.3) is 5.91 Å². The van der Waals surface area contributed by atoms with Crippen LogP contribution in [0.4, 0.5) is 0 Å². The van der Waals surface area contributed by atoms with Crippen LogP contribution in [0.3, 0.4) is 0 Å². The Morgan fingerprint density at radius 1 is 1.27 bits per heavy atom. The average Bonchev–Trinajstić information content (AvgIpc) is 3.15. The molecule has 0 aliphatic heterocycles. The number of aromatic nitrogens is 3. The van der Waals surface area contributed by atoms with E-state index in [9.17, 15) is 4.79 Å². The topological polar surface area (TPSA) is 61.1 Å². The zero-order valence-corrected chi connectivity index (χ0v) is 16.3. The quantitative estimate of drug-likeness (QED) is 0.807. The predicted octanol–water partition coefficient (Wildman–Crippen LogP) is 3.15. The van der Waals surface area contributed by atoms with Crippen LogP contribution in [0.2, 0.25) is 0 Å². The van der Waals surface area contributed by atoms with Gasteiger partial charge in [0.15, 0.2) is 0 Å². The molecule has 1 N–H and O–H groups in total. The molecule has 0 radical (unpaired) electrons. The summed E-state index contributed by atoms with van der Waals surface area (Å²) in [6, 6.07) is 4.09. The Kier molecular flexibility index (Phi) is 5.81. The lowest BCUT2D eigenvalue weighted by Crippen LogP contribution is -2.32. The second kappa shape index (κ2) is 8.08. The van der Waals surface area contributed by atoms with Gasteiger partial charge in [0.05, 0.1) is 18.9 Å². The van der Waals surface area contributed by atoms with E-state index in [1.54, 1.807) is 10.9 Å². The standard InChI is InChI=1S/C20H30N4O2/c1-14-7-5-6-8-18(14)26-12-11-21-19(25)17-13-22-23(4)20(17)24-15(2)9-10-16(24)3/h9-10,13-14,18H,5-8,11-12H2,1-4H3,(H,21,25)/t14-,18+/m1/s1. The number of nitrogens with zero attached hydrogens (tertiary/aromatic N) is 3. The Labute approximate surface area is 155 Å². The number of rotatable bonds is 6. The van der Waals surface area contributed by atoms with Gasteiger partial charge in [0.2, 0.25) is 0 Å². The maximum Gasteiger partial charge on any atom is 0.256 e. The van der Waals surface area contributed by atoms with E-state index in [-0.39, 0.29) is 5.91 Å². The van der Waals surface area contributed by atoms with Crippen LogP contribution in [0.1, 0.15) is 54.4 Å². The lowest BCUT2D eigenvalue weighted by atomic mass is 9.88. The van der Waals surface area contributed by atoms with Crippen LogP contribution < -0.4 is 5.32 Å². The van der Waals surface area contributed by atoms with Crippen molar-refractivity contribution in [3.05, 3.63) is 35.3 Å². The van der Waals surface area contributed by atoms with Crippen molar-refractivity contribution >= 4 is 5.91 Å². The number of aryl methyl sites for hydroxylation is 3. The van der Waals surface area contributed by atoms with Crippen molar-refractivity contribution in [1.29, 1.82) is 0 Å². The van der Waals surface area contributed by atoms with Crippen molar-refractivity contribution < 1.29 is 9.53 Å². The molecule has 1 saturated carbocycles. The SMILES string of the molecule is Cc1ccc(C)n1-c1c(C(=O)NCCO[C@H]2CCCC[C@H]2C)cnn1C. The summed E-state index contributed by atoms with van der Waals surface area (Å²) >= 11 is 0. The van der Waals surface area contributed by atoms with Crippen molar-refractivity contribution in [1.82, 2.24) is 19.7 Å². The number of hydrogen-bond donors (Lipinski definition) is 1.